The Labute approximate surface area is 164 Å². The molecule has 2 heterocycles. The van der Waals surface area contributed by atoms with E-state index in [1.165, 1.54) is 41.5 Å². The van der Waals surface area contributed by atoms with Crippen LogP contribution in [0.15, 0.2) is 70.0 Å². The molecule has 2 heteroatoms. The molecule has 1 aromatic heterocycles. The topological polar surface area (TPSA) is 0 Å². The lowest BCUT2D eigenvalue weighted by molar-refractivity contribution is 0.791. The SMILES string of the molecule is CCc1c(/C=C(C)/C=C2\Sc3ccccc3C2CC)sc2ccccc12. The van der Waals surface area contributed by atoms with Crippen LogP contribution in [0.4, 0.5) is 0 Å². The Bertz CT molecular complexity index is 1000. The third-order valence-electron chi connectivity index (χ3n) is 5.09. The lowest BCUT2D eigenvalue weighted by Crippen LogP contribution is -1.93. The van der Waals surface area contributed by atoms with Gasteiger partial charge in [0.1, 0.15) is 0 Å². The fraction of sp³-hybridized carbons (Fsp3) is 0.250. The van der Waals surface area contributed by atoms with E-state index in [0.29, 0.717) is 5.92 Å². The van der Waals surface area contributed by atoms with Crippen molar-refractivity contribution in [1.29, 1.82) is 0 Å². The van der Waals surface area contributed by atoms with Crippen LogP contribution in [0, 0.1) is 0 Å². The van der Waals surface area contributed by atoms with E-state index < -0.39 is 0 Å². The first-order valence-corrected chi connectivity index (χ1v) is 11.0. The van der Waals surface area contributed by atoms with E-state index in [2.05, 4.69) is 81.5 Å². The Kier molecular flexibility index (Phi) is 5.06. The number of hydrogen-bond donors (Lipinski definition) is 0. The van der Waals surface area contributed by atoms with Crippen LogP contribution in [0.2, 0.25) is 0 Å². The fourth-order valence-electron chi connectivity index (χ4n) is 3.84. The van der Waals surface area contributed by atoms with Crippen molar-refractivity contribution in [3.63, 3.8) is 0 Å². The molecule has 26 heavy (non-hydrogen) atoms. The summed E-state index contributed by atoms with van der Waals surface area (Å²) in [7, 11) is 0. The molecule has 4 rings (SSSR count). The van der Waals surface area contributed by atoms with Crippen molar-refractivity contribution in [2.24, 2.45) is 0 Å². The van der Waals surface area contributed by atoms with Gasteiger partial charge in [-0.15, -0.1) is 11.3 Å². The van der Waals surface area contributed by atoms with Gasteiger partial charge in [0, 0.05) is 20.4 Å². The van der Waals surface area contributed by atoms with Gasteiger partial charge >= 0.3 is 0 Å². The maximum absolute atomic E-state index is 2.41. The smallest absolute Gasteiger partial charge is 0.0352 e. The lowest BCUT2D eigenvalue weighted by Gasteiger charge is -2.10. The molecule has 0 N–H and O–H groups in total. The normalized spacial score (nSPS) is 18.7. The third-order valence-corrected chi connectivity index (χ3v) is 7.48. The van der Waals surface area contributed by atoms with Crippen LogP contribution >= 0.6 is 23.1 Å². The summed E-state index contributed by atoms with van der Waals surface area (Å²) in [6, 6.07) is 17.6. The van der Waals surface area contributed by atoms with Crippen LogP contribution in [0.5, 0.6) is 0 Å². The Morgan fingerprint density at radius 2 is 1.81 bits per heavy atom. The average molecular weight is 377 g/mol. The van der Waals surface area contributed by atoms with Crippen LogP contribution in [0.3, 0.4) is 0 Å². The maximum Gasteiger partial charge on any atom is 0.0352 e. The lowest BCUT2D eigenvalue weighted by atomic mass is 9.95. The molecule has 1 atom stereocenters. The minimum absolute atomic E-state index is 0.549. The van der Waals surface area contributed by atoms with Crippen molar-refractivity contribution >= 4 is 39.3 Å². The summed E-state index contributed by atoms with van der Waals surface area (Å²) in [5, 5.41) is 1.42. The fourth-order valence-corrected chi connectivity index (χ4v) is 6.55. The zero-order valence-electron chi connectivity index (χ0n) is 15.6. The molecular weight excluding hydrogens is 352 g/mol. The predicted octanol–water partition coefficient (Wildman–Crippen LogP) is 8.05. The Morgan fingerprint density at radius 1 is 1.04 bits per heavy atom. The first-order chi connectivity index (χ1) is 12.7. The highest BCUT2D eigenvalue weighted by atomic mass is 32.2. The van der Waals surface area contributed by atoms with Gasteiger partial charge in [0.25, 0.3) is 0 Å². The molecular formula is C24H24S2. The van der Waals surface area contributed by atoms with Crippen molar-refractivity contribution in [3.05, 3.63) is 81.1 Å². The van der Waals surface area contributed by atoms with Gasteiger partial charge in [0.15, 0.2) is 0 Å². The molecule has 0 saturated heterocycles. The van der Waals surface area contributed by atoms with Crippen molar-refractivity contribution < 1.29 is 0 Å². The number of hydrogen-bond acceptors (Lipinski definition) is 2. The molecule has 0 nitrogen and oxygen atoms in total. The van der Waals surface area contributed by atoms with Gasteiger partial charge < -0.3 is 0 Å². The standard InChI is InChI=1S/C24H24S2/c1-4-17-19-10-6-8-12-21(19)25-23(17)14-16(3)15-24-18(5-2)20-11-7-9-13-22(20)26-24/h6-15,17H,4-5H2,1-3H3/b16-15+,23-14-. The highest BCUT2D eigenvalue weighted by Crippen LogP contribution is 2.50. The van der Waals surface area contributed by atoms with Gasteiger partial charge in [-0.1, -0.05) is 62.0 Å². The quantitative estimate of drug-likeness (QED) is 0.444. The van der Waals surface area contributed by atoms with Crippen LogP contribution < -0.4 is 0 Å². The highest BCUT2D eigenvalue weighted by Gasteiger charge is 2.26. The van der Waals surface area contributed by atoms with Crippen molar-refractivity contribution in [1.82, 2.24) is 0 Å². The summed E-state index contributed by atoms with van der Waals surface area (Å²) >= 11 is 3.86. The Balaban J connectivity index is 1.70. The number of aryl methyl sites for hydroxylation is 1. The molecule has 3 aromatic rings. The molecule has 0 aliphatic carbocycles. The monoisotopic (exact) mass is 376 g/mol. The van der Waals surface area contributed by atoms with Gasteiger partial charge in [0.2, 0.25) is 0 Å². The Morgan fingerprint density at radius 3 is 2.62 bits per heavy atom. The minimum Gasteiger partial charge on any atom is -0.136 e. The zero-order valence-corrected chi connectivity index (χ0v) is 17.2. The summed E-state index contributed by atoms with van der Waals surface area (Å²) < 4.78 is 1.39. The molecule has 0 radical (unpaired) electrons. The molecule has 0 bridgehead atoms. The summed E-state index contributed by atoms with van der Waals surface area (Å²) in [5.41, 5.74) is 4.33. The molecule has 1 aliphatic heterocycles. The van der Waals surface area contributed by atoms with E-state index in [-0.39, 0.29) is 0 Å². The second kappa shape index (κ2) is 7.46. The van der Waals surface area contributed by atoms with Gasteiger partial charge in [-0.05, 0) is 71.0 Å². The van der Waals surface area contributed by atoms with Crippen LogP contribution in [-0.2, 0) is 6.42 Å². The maximum atomic E-state index is 2.41. The first-order valence-electron chi connectivity index (χ1n) is 9.38. The molecule has 0 saturated carbocycles. The van der Waals surface area contributed by atoms with Crippen molar-refractivity contribution in [2.75, 3.05) is 0 Å². The number of allylic oxidation sites excluding steroid dienone is 3. The number of thioether (sulfide) groups is 1. The highest BCUT2D eigenvalue weighted by molar-refractivity contribution is 8.03. The largest absolute Gasteiger partial charge is 0.136 e. The first kappa shape index (κ1) is 17.6. The van der Waals surface area contributed by atoms with Gasteiger partial charge in [-0.3, -0.25) is 0 Å². The van der Waals surface area contributed by atoms with E-state index >= 15 is 0 Å². The number of thiophene rings is 1. The van der Waals surface area contributed by atoms with Gasteiger partial charge in [0.05, 0.1) is 0 Å². The van der Waals surface area contributed by atoms with Gasteiger partial charge in [-0.25, -0.2) is 0 Å². The molecule has 0 amide bonds. The van der Waals surface area contributed by atoms with E-state index in [1.807, 2.05) is 23.1 Å². The van der Waals surface area contributed by atoms with Crippen LogP contribution in [-0.4, -0.2) is 0 Å². The number of fused-ring (bicyclic) bond motifs is 2. The molecule has 2 aromatic carbocycles. The number of benzene rings is 2. The zero-order chi connectivity index (χ0) is 18.1. The van der Waals surface area contributed by atoms with E-state index in [0.717, 1.165) is 12.8 Å². The van der Waals surface area contributed by atoms with Crippen molar-refractivity contribution in [3.8, 4) is 0 Å². The van der Waals surface area contributed by atoms with E-state index in [1.54, 1.807) is 0 Å². The molecule has 0 fully saturated rings. The molecule has 1 unspecified atom stereocenters. The second-order valence-corrected chi connectivity index (χ2v) is 9.03. The Hall–Kier alpha value is -1.77. The minimum atomic E-state index is 0.549. The summed E-state index contributed by atoms with van der Waals surface area (Å²) in [6.45, 7) is 6.80. The summed E-state index contributed by atoms with van der Waals surface area (Å²) in [5.74, 6) is 0.549. The molecule has 1 aliphatic rings. The van der Waals surface area contributed by atoms with E-state index in [9.17, 15) is 0 Å². The van der Waals surface area contributed by atoms with Crippen molar-refractivity contribution in [2.45, 2.75) is 44.4 Å². The summed E-state index contributed by atoms with van der Waals surface area (Å²) in [6.07, 6.45) is 7.03. The molecule has 132 valence electrons. The van der Waals surface area contributed by atoms with Gasteiger partial charge in [-0.2, -0.15) is 0 Å². The van der Waals surface area contributed by atoms with Crippen LogP contribution in [0.25, 0.3) is 16.2 Å². The van der Waals surface area contributed by atoms with Crippen LogP contribution in [0.1, 0.15) is 49.1 Å². The molecule has 0 spiro atoms. The number of rotatable bonds is 4. The average Bonchev–Trinajstić information content (AvgIpc) is 3.17. The third kappa shape index (κ3) is 3.17. The predicted molar refractivity (Wildman–Crippen MR) is 118 cm³/mol. The second-order valence-electron chi connectivity index (χ2n) is 6.83. The summed E-state index contributed by atoms with van der Waals surface area (Å²) in [4.78, 5) is 4.33. The van der Waals surface area contributed by atoms with E-state index in [4.69, 9.17) is 0 Å².